The second-order valence-electron chi connectivity index (χ2n) is 4.18. The van der Waals surface area contributed by atoms with E-state index in [0.717, 1.165) is 24.2 Å². The Morgan fingerprint density at radius 1 is 1.33 bits per heavy atom. The van der Waals surface area contributed by atoms with Gasteiger partial charge in [0.25, 0.3) is 0 Å². The zero-order valence-corrected chi connectivity index (χ0v) is 11.8. The van der Waals surface area contributed by atoms with Crippen molar-refractivity contribution in [2.45, 2.75) is 32.8 Å². The second-order valence-corrected chi connectivity index (χ2v) is 4.62. The Bertz CT molecular complexity index is 382. The van der Waals surface area contributed by atoms with Crippen LogP contribution in [0.4, 0.5) is 0 Å². The molecule has 0 saturated carbocycles. The molecule has 0 aromatic heterocycles. The van der Waals surface area contributed by atoms with E-state index in [1.165, 1.54) is 0 Å². The minimum Gasteiger partial charge on any atom is -0.490 e. The molecule has 1 aromatic rings. The predicted molar refractivity (Wildman–Crippen MR) is 78.1 cm³/mol. The largest absolute Gasteiger partial charge is 0.490 e. The summed E-state index contributed by atoms with van der Waals surface area (Å²) in [5.74, 6) is 0.719. The highest BCUT2D eigenvalue weighted by atomic mass is 32.1. The van der Waals surface area contributed by atoms with Gasteiger partial charge >= 0.3 is 0 Å². The Morgan fingerprint density at radius 3 is 2.72 bits per heavy atom. The average Bonchev–Trinajstić information content (AvgIpc) is 2.35. The summed E-state index contributed by atoms with van der Waals surface area (Å²) >= 11 is 4.97. The van der Waals surface area contributed by atoms with Crippen LogP contribution in [-0.4, -0.2) is 24.3 Å². The van der Waals surface area contributed by atoms with Crippen LogP contribution in [0.3, 0.4) is 0 Å². The normalized spacial score (nSPS) is 12.1. The number of benzene rings is 1. The minimum atomic E-state index is 0.282. The summed E-state index contributed by atoms with van der Waals surface area (Å²) in [6, 6.07) is 7.51. The van der Waals surface area contributed by atoms with Gasteiger partial charge in [0.15, 0.2) is 0 Å². The molecule has 0 heterocycles. The van der Waals surface area contributed by atoms with Gasteiger partial charge < -0.3 is 15.2 Å². The number of nitrogens with two attached hydrogens (primary N) is 1. The van der Waals surface area contributed by atoms with Crippen molar-refractivity contribution in [2.75, 3.05) is 13.2 Å². The highest BCUT2D eigenvalue weighted by Crippen LogP contribution is 2.17. The molecule has 1 unspecified atom stereocenters. The Kier molecular flexibility index (Phi) is 6.68. The number of rotatable bonds is 8. The number of hydrogen-bond donors (Lipinski definition) is 1. The van der Waals surface area contributed by atoms with Gasteiger partial charge in [-0.05, 0) is 25.5 Å². The quantitative estimate of drug-likeness (QED) is 0.581. The van der Waals surface area contributed by atoms with E-state index in [0.29, 0.717) is 18.2 Å². The molecule has 2 N–H and O–H groups in total. The summed E-state index contributed by atoms with van der Waals surface area (Å²) in [5, 5.41) is 0. The smallest absolute Gasteiger partial charge is 0.129 e. The van der Waals surface area contributed by atoms with E-state index < -0.39 is 0 Å². The fraction of sp³-hybridized carbons (Fsp3) is 0.500. The van der Waals surface area contributed by atoms with Crippen molar-refractivity contribution >= 4 is 17.2 Å². The standard InChI is InChI=1S/C14H21NO2S/c1-3-6-11(2)16-9-10-17-13-8-5-4-7-12(13)14(15)18/h4-5,7-8,11H,3,6,9-10H2,1-2H3,(H2,15,18). The number of para-hydroxylation sites is 1. The van der Waals surface area contributed by atoms with Gasteiger partial charge in [-0.2, -0.15) is 0 Å². The third-order valence-electron chi connectivity index (χ3n) is 2.59. The van der Waals surface area contributed by atoms with Crippen LogP contribution >= 0.6 is 12.2 Å². The zero-order chi connectivity index (χ0) is 13.4. The third kappa shape index (κ3) is 5.02. The molecule has 3 nitrogen and oxygen atoms in total. The summed E-state index contributed by atoms with van der Waals surface area (Å²) in [7, 11) is 0. The Hall–Kier alpha value is -1.13. The van der Waals surface area contributed by atoms with Crippen molar-refractivity contribution in [1.29, 1.82) is 0 Å². The monoisotopic (exact) mass is 267 g/mol. The molecule has 0 fully saturated rings. The van der Waals surface area contributed by atoms with Crippen molar-refractivity contribution in [2.24, 2.45) is 5.73 Å². The molecule has 18 heavy (non-hydrogen) atoms. The van der Waals surface area contributed by atoms with Gasteiger partial charge in [0.1, 0.15) is 17.3 Å². The van der Waals surface area contributed by atoms with Crippen LogP contribution in [0.1, 0.15) is 32.3 Å². The van der Waals surface area contributed by atoms with E-state index in [4.69, 9.17) is 27.4 Å². The van der Waals surface area contributed by atoms with Crippen molar-refractivity contribution in [1.82, 2.24) is 0 Å². The van der Waals surface area contributed by atoms with Gasteiger partial charge in [0.2, 0.25) is 0 Å². The molecule has 0 aliphatic heterocycles. The highest BCUT2D eigenvalue weighted by molar-refractivity contribution is 7.80. The first-order valence-corrected chi connectivity index (χ1v) is 6.69. The first kappa shape index (κ1) is 14.9. The van der Waals surface area contributed by atoms with Crippen LogP contribution < -0.4 is 10.5 Å². The lowest BCUT2D eigenvalue weighted by Crippen LogP contribution is -2.16. The molecule has 100 valence electrons. The van der Waals surface area contributed by atoms with Crippen LogP contribution in [0.15, 0.2) is 24.3 Å². The van der Waals surface area contributed by atoms with E-state index in [-0.39, 0.29) is 6.10 Å². The first-order valence-electron chi connectivity index (χ1n) is 6.28. The number of ether oxygens (including phenoxy) is 2. The van der Waals surface area contributed by atoms with Crippen LogP contribution in [0.25, 0.3) is 0 Å². The van der Waals surface area contributed by atoms with Crippen LogP contribution in [0.5, 0.6) is 5.75 Å². The Labute approximate surface area is 114 Å². The highest BCUT2D eigenvalue weighted by Gasteiger charge is 2.05. The molecule has 0 aliphatic carbocycles. The Morgan fingerprint density at radius 2 is 2.06 bits per heavy atom. The molecule has 0 aliphatic rings. The van der Waals surface area contributed by atoms with E-state index in [1.54, 1.807) is 0 Å². The molecule has 1 atom stereocenters. The van der Waals surface area contributed by atoms with Crippen molar-refractivity contribution < 1.29 is 9.47 Å². The molecule has 1 rings (SSSR count). The number of hydrogen-bond acceptors (Lipinski definition) is 3. The lowest BCUT2D eigenvalue weighted by molar-refractivity contribution is 0.0395. The third-order valence-corrected chi connectivity index (χ3v) is 2.81. The maximum Gasteiger partial charge on any atom is 0.129 e. The molecule has 0 saturated heterocycles. The van der Waals surface area contributed by atoms with E-state index in [2.05, 4.69) is 13.8 Å². The van der Waals surface area contributed by atoms with Crippen LogP contribution in [-0.2, 0) is 4.74 Å². The van der Waals surface area contributed by atoms with Crippen LogP contribution in [0, 0.1) is 0 Å². The molecular weight excluding hydrogens is 246 g/mol. The van der Waals surface area contributed by atoms with Crippen molar-refractivity contribution in [3.8, 4) is 5.75 Å². The van der Waals surface area contributed by atoms with Gasteiger partial charge in [0.05, 0.1) is 18.3 Å². The molecular formula is C14H21NO2S. The van der Waals surface area contributed by atoms with E-state index >= 15 is 0 Å². The van der Waals surface area contributed by atoms with Crippen LogP contribution in [0.2, 0.25) is 0 Å². The predicted octanol–water partition coefficient (Wildman–Crippen LogP) is 2.90. The van der Waals surface area contributed by atoms with Crippen molar-refractivity contribution in [3.05, 3.63) is 29.8 Å². The molecule has 0 radical (unpaired) electrons. The molecule has 0 spiro atoms. The summed E-state index contributed by atoms with van der Waals surface area (Å²) < 4.78 is 11.2. The van der Waals surface area contributed by atoms with E-state index in [1.807, 2.05) is 24.3 Å². The number of thiocarbonyl (C=S) groups is 1. The summed E-state index contributed by atoms with van der Waals surface area (Å²) in [5.41, 5.74) is 6.40. The molecule has 1 aromatic carbocycles. The first-order chi connectivity index (χ1) is 8.65. The van der Waals surface area contributed by atoms with Gasteiger partial charge in [-0.3, -0.25) is 0 Å². The summed E-state index contributed by atoms with van der Waals surface area (Å²) in [6.07, 6.45) is 2.49. The lowest BCUT2D eigenvalue weighted by atomic mass is 10.2. The zero-order valence-electron chi connectivity index (χ0n) is 11.0. The summed E-state index contributed by atoms with van der Waals surface area (Å²) in [6.45, 7) is 5.31. The van der Waals surface area contributed by atoms with Gasteiger partial charge in [-0.15, -0.1) is 0 Å². The summed E-state index contributed by atoms with van der Waals surface area (Å²) in [4.78, 5) is 0.353. The van der Waals surface area contributed by atoms with E-state index in [9.17, 15) is 0 Å². The second kappa shape index (κ2) is 8.06. The SMILES string of the molecule is CCCC(C)OCCOc1ccccc1C(N)=S. The average molecular weight is 267 g/mol. The fourth-order valence-corrected chi connectivity index (χ4v) is 1.86. The van der Waals surface area contributed by atoms with Crippen molar-refractivity contribution in [3.63, 3.8) is 0 Å². The fourth-order valence-electron chi connectivity index (χ4n) is 1.69. The molecule has 0 bridgehead atoms. The maximum atomic E-state index is 5.63. The van der Waals surface area contributed by atoms with Gasteiger partial charge in [-0.1, -0.05) is 37.7 Å². The molecule has 4 heteroatoms. The lowest BCUT2D eigenvalue weighted by Gasteiger charge is -2.13. The maximum absolute atomic E-state index is 5.63. The Balaban J connectivity index is 2.37. The topological polar surface area (TPSA) is 44.5 Å². The molecule has 0 amide bonds. The van der Waals surface area contributed by atoms with Gasteiger partial charge in [0, 0.05) is 0 Å². The van der Waals surface area contributed by atoms with Gasteiger partial charge in [-0.25, -0.2) is 0 Å². The minimum absolute atomic E-state index is 0.282.